The summed E-state index contributed by atoms with van der Waals surface area (Å²) < 4.78 is 22.5. The fourth-order valence-corrected chi connectivity index (χ4v) is 3.14. The van der Waals surface area contributed by atoms with E-state index >= 15 is 0 Å². The van der Waals surface area contributed by atoms with E-state index in [4.69, 9.17) is 22.3 Å². The topological polar surface area (TPSA) is 63.2 Å². The summed E-state index contributed by atoms with van der Waals surface area (Å²) in [6.45, 7) is 3.67. The zero-order valence-electron chi connectivity index (χ0n) is 10.4. The van der Waals surface area contributed by atoms with E-state index in [0.717, 1.165) is 6.42 Å². The first-order chi connectivity index (χ1) is 8.70. The Hall–Kier alpha value is -0.780. The lowest BCUT2D eigenvalue weighted by atomic mass is 10.2. The normalized spacial score (nSPS) is 22.1. The van der Waals surface area contributed by atoms with Crippen LogP contribution >= 0.6 is 22.3 Å². The lowest BCUT2D eigenvalue weighted by molar-refractivity contribution is -0.117. The average molecular weight is 322 g/mol. The van der Waals surface area contributed by atoms with Crippen LogP contribution < -0.4 is 5.32 Å². The molecular formula is C12H13Cl2NO3S. The summed E-state index contributed by atoms with van der Waals surface area (Å²) in [5, 5.41) is 2.91. The molecule has 7 heteroatoms. The van der Waals surface area contributed by atoms with Crippen LogP contribution in [-0.4, -0.2) is 14.3 Å². The van der Waals surface area contributed by atoms with Crippen LogP contribution in [0.15, 0.2) is 17.0 Å². The second-order valence-electron chi connectivity index (χ2n) is 4.84. The molecule has 1 saturated carbocycles. The van der Waals surface area contributed by atoms with Crippen molar-refractivity contribution in [3.8, 4) is 0 Å². The maximum absolute atomic E-state index is 11.9. The smallest absolute Gasteiger partial charge is 0.261 e. The minimum atomic E-state index is -3.83. The van der Waals surface area contributed by atoms with E-state index in [0.29, 0.717) is 17.2 Å². The van der Waals surface area contributed by atoms with Crippen molar-refractivity contribution in [3.05, 3.63) is 22.7 Å². The van der Waals surface area contributed by atoms with Gasteiger partial charge in [0, 0.05) is 16.6 Å². The molecule has 0 aliphatic heterocycles. The number of hydrogen-bond donors (Lipinski definition) is 1. The highest BCUT2D eigenvalue weighted by Crippen LogP contribution is 2.39. The van der Waals surface area contributed by atoms with Gasteiger partial charge in [0.05, 0.1) is 15.6 Å². The number of anilines is 1. The Kier molecular flexibility index (Phi) is 3.82. The van der Waals surface area contributed by atoms with E-state index in [1.807, 2.05) is 6.92 Å². The van der Waals surface area contributed by atoms with Crippen molar-refractivity contribution < 1.29 is 13.2 Å². The van der Waals surface area contributed by atoms with E-state index < -0.39 is 9.05 Å². The third kappa shape index (κ3) is 3.22. The maximum atomic E-state index is 11.9. The predicted octanol–water partition coefficient (Wildman–Crippen LogP) is 3.17. The van der Waals surface area contributed by atoms with E-state index in [1.54, 1.807) is 6.92 Å². The van der Waals surface area contributed by atoms with Crippen molar-refractivity contribution in [2.75, 3.05) is 5.32 Å². The van der Waals surface area contributed by atoms with Crippen LogP contribution in [0.25, 0.3) is 0 Å². The molecule has 1 aromatic rings. The standard InChI is InChI=1S/C12H13Cl2NO3S/c1-6-4-9(6)12(16)15-11-7(2)3-8(5-10(11)13)19(14,17)18/h3,5-6,9H,4H2,1-2H3,(H,15,16). The number of rotatable bonds is 3. The van der Waals surface area contributed by atoms with E-state index in [1.165, 1.54) is 12.1 Å². The van der Waals surface area contributed by atoms with Gasteiger partial charge in [-0.3, -0.25) is 4.79 Å². The number of hydrogen-bond acceptors (Lipinski definition) is 3. The number of halogens is 2. The molecule has 0 radical (unpaired) electrons. The van der Waals surface area contributed by atoms with Gasteiger partial charge in [0.15, 0.2) is 0 Å². The van der Waals surface area contributed by atoms with Crippen molar-refractivity contribution in [1.82, 2.24) is 0 Å². The quantitative estimate of drug-likeness (QED) is 0.870. The van der Waals surface area contributed by atoms with Crippen molar-refractivity contribution >= 4 is 42.9 Å². The summed E-state index contributed by atoms with van der Waals surface area (Å²) in [4.78, 5) is 11.8. The van der Waals surface area contributed by atoms with Crippen molar-refractivity contribution in [2.24, 2.45) is 11.8 Å². The van der Waals surface area contributed by atoms with Crippen LogP contribution in [0.2, 0.25) is 5.02 Å². The third-order valence-corrected chi connectivity index (χ3v) is 4.87. The molecule has 4 nitrogen and oxygen atoms in total. The first-order valence-electron chi connectivity index (χ1n) is 5.76. The lowest BCUT2D eigenvalue weighted by Crippen LogP contribution is -2.15. The first-order valence-corrected chi connectivity index (χ1v) is 8.44. The maximum Gasteiger partial charge on any atom is 0.261 e. The van der Waals surface area contributed by atoms with Gasteiger partial charge >= 0.3 is 0 Å². The Labute approximate surface area is 121 Å². The van der Waals surface area contributed by atoms with Gasteiger partial charge in [-0.1, -0.05) is 18.5 Å². The molecule has 19 heavy (non-hydrogen) atoms. The van der Waals surface area contributed by atoms with Crippen LogP contribution in [0.4, 0.5) is 5.69 Å². The summed E-state index contributed by atoms with van der Waals surface area (Å²) in [5.41, 5.74) is 1.00. The molecule has 2 unspecified atom stereocenters. The zero-order valence-corrected chi connectivity index (χ0v) is 12.7. The number of benzene rings is 1. The zero-order chi connectivity index (χ0) is 14.4. The molecule has 0 aromatic heterocycles. The summed E-state index contributed by atoms with van der Waals surface area (Å²) in [5.74, 6) is 0.326. The van der Waals surface area contributed by atoms with Gasteiger partial charge in [-0.2, -0.15) is 0 Å². The SMILES string of the molecule is Cc1cc(S(=O)(=O)Cl)cc(Cl)c1NC(=O)C1CC1C. The van der Waals surface area contributed by atoms with Crippen molar-refractivity contribution in [3.63, 3.8) is 0 Å². The third-order valence-electron chi connectivity index (χ3n) is 3.24. The minimum absolute atomic E-state index is 0.0203. The molecule has 1 aliphatic rings. The van der Waals surface area contributed by atoms with Gasteiger partial charge in [-0.25, -0.2) is 8.42 Å². The highest BCUT2D eigenvalue weighted by Gasteiger charge is 2.39. The molecular weight excluding hydrogens is 309 g/mol. The van der Waals surface area contributed by atoms with Gasteiger partial charge in [-0.05, 0) is 37.0 Å². The van der Waals surface area contributed by atoms with Gasteiger partial charge < -0.3 is 5.32 Å². The number of carbonyl (C=O) groups excluding carboxylic acids is 1. The lowest BCUT2D eigenvalue weighted by Gasteiger charge is -2.11. The molecule has 2 atom stereocenters. The van der Waals surface area contributed by atoms with Gasteiger partial charge in [0.25, 0.3) is 9.05 Å². The summed E-state index contributed by atoms with van der Waals surface area (Å²) >= 11 is 6.01. The molecule has 1 N–H and O–H groups in total. The Morgan fingerprint density at radius 2 is 2.00 bits per heavy atom. The number of amides is 1. The number of carbonyl (C=O) groups is 1. The number of aryl methyl sites for hydroxylation is 1. The van der Waals surface area contributed by atoms with Gasteiger partial charge in [0.1, 0.15) is 0 Å². The van der Waals surface area contributed by atoms with E-state index in [-0.39, 0.29) is 21.7 Å². The molecule has 2 rings (SSSR count). The van der Waals surface area contributed by atoms with Crippen molar-refractivity contribution in [1.29, 1.82) is 0 Å². The van der Waals surface area contributed by atoms with Gasteiger partial charge in [-0.15, -0.1) is 0 Å². The molecule has 0 spiro atoms. The molecule has 0 bridgehead atoms. The second-order valence-corrected chi connectivity index (χ2v) is 7.82. The minimum Gasteiger partial charge on any atom is -0.324 e. The molecule has 1 amide bonds. The number of nitrogens with one attached hydrogen (secondary N) is 1. The Morgan fingerprint density at radius 1 is 1.42 bits per heavy atom. The first kappa shape index (κ1) is 14.6. The van der Waals surface area contributed by atoms with Crippen LogP contribution in [0.3, 0.4) is 0 Å². The van der Waals surface area contributed by atoms with Crippen LogP contribution in [0.1, 0.15) is 18.9 Å². The van der Waals surface area contributed by atoms with Crippen LogP contribution in [0, 0.1) is 18.8 Å². The van der Waals surface area contributed by atoms with E-state index in [9.17, 15) is 13.2 Å². The van der Waals surface area contributed by atoms with Gasteiger partial charge in [0.2, 0.25) is 5.91 Å². The molecule has 1 aliphatic carbocycles. The Bertz CT molecular complexity index is 619. The average Bonchev–Trinajstić information content (AvgIpc) is 2.99. The van der Waals surface area contributed by atoms with Crippen LogP contribution in [-0.2, 0) is 13.8 Å². The Morgan fingerprint density at radius 3 is 2.42 bits per heavy atom. The predicted molar refractivity (Wildman–Crippen MR) is 75.1 cm³/mol. The largest absolute Gasteiger partial charge is 0.324 e. The monoisotopic (exact) mass is 321 g/mol. The summed E-state index contributed by atoms with van der Waals surface area (Å²) in [6.07, 6.45) is 0.872. The molecule has 104 valence electrons. The highest BCUT2D eigenvalue weighted by atomic mass is 35.7. The van der Waals surface area contributed by atoms with Crippen LogP contribution in [0.5, 0.6) is 0 Å². The Balaban J connectivity index is 2.30. The summed E-state index contributed by atoms with van der Waals surface area (Å²) in [6, 6.07) is 2.63. The second kappa shape index (κ2) is 4.96. The fourth-order valence-electron chi connectivity index (χ4n) is 1.92. The molecule has 1 aromatic carbocycles. The van der Waals surface area contributed by atoms with Crippen molar-refractivity contribution in [2.45, 2.75) is 25.2 Å². The molecule has 0 saturated heterocycles. The van der Waals surface area contributed by atoms with E-state index in [2.05, 4.69) is 5.32 Å². The molecule has 1 fully saturated rings. The summed E-state index contributed by atoms with van der Waals surface area (Å²) in [7, 11) is 1.44. The highest BCUT2D eigenvalue weighted by molar-refractivity contribution is 8.13. The fraction of sp³-hybridized carbons (Fsp3) is 0.417. The molecule has 0 heterocycles.